The van der Waals surface area contributed by atoms with Gasteiger partial charge in [-0.05, 0) is 18.2 Å². The lowest BCUT2D eigenvalue weighted by molar-refractivity contribution is -0.0882. The number of anilines is 1. The van der Waals surface area contributed by atoms with Gasteiger partial charge in [0.05, 0.1) is 35.0 Å². The van der Waals surface area contributed by atoms with E-state index in [-0.39, 0.29) is 16.9 Å². The number of hydrogen-bond donors (Lipinski definition) is 2. The molecule has 5 rings (SSSR count). The van der Waals surface area contributed by atoms with Gasteiger partial charge < -0.3 is 10.3 Å². The molecule has 1 aromatic carbocycles. The summed E-state index contributed by atoms with van der Waals surface area (Å²) in [6, 6.07) is 6.46. The summed E-state index contributed by atoms with van der Waals surface area (Å²) in [5.74, 6) is -4.42. The number of carbonyl (C=O) groups is 1. The third-order valence-corrected chi connectivity index (χ3v) is 5.57. The first kappa shape index (κ1) is 19.6. The molecule has 10 heteroatoms. The van der Waals surface area contributed by atoms with Gasteiger partial charge in [0.15, 0.2) is 0 Å². The first-order valence-corrected chi connectivity index (χ1v) is 9.83. The summed E-state index contributed by atoms with van der Waals surface area (Å²) in [4.78, 5) is 19.7. The second-order valence-electron chi connectivity index (χ2n) is 7.54. The predicted octanol–water partition coefficient (Wildman–Crippen LogP) is 5.31. The molecule has 1 amide bonds. The van der Waals surface area contributed by atoms with Crippen LogP contribution in [0.4, 0.5) is 18.9 Å². The smallest absolute Gasteiger partial charge is 0.258 e. The van der Waals surface area contributed by atoms with Crippen LogP contribution in [-0.4, -0.2) is 31.6 Å². The van der Waals surface area contributed by atoms with Gasteiger partial charge in [-0.2, -0.15) is 5.10 Å². The van der Waals surface area contributed by atoms with Crippen LogP contribution in [0.3, 0.4) is 0 Å². The maximum Gasteiger partial charge on any atom is 0.258 e. The van der Waals surface area contributed by atoms with Crippen molar-refractivity contribution in [1.82, 2.24) is 19.7 Å². The number of halogens is 4. The van der Waals surface area contributed by atoms with Crippen LogP contribution in [0, 0.1) is 5.82 Å². The average Bonchev–Trinajstić information content (AvgIpc) is 3.34. The zero-order valence-corrected chi connectivity index (χ0v) is 16.6. The second-order valence-corrected chi connectivity index (χ2v) is 7.98. The molecule has 0 aliphatic heterocycles. The molecule has 0 radical (unpaired) electrons. The van der Waals surface area contributed by atoms with Crippen molar-refractivity contribution in [1.29, 1.82) is 0 Å². The van der Waals surface area contributed by atoms with Crippen molar-refractivity contribution in [2.45, 2.75) is 24.7 Å². The number of fused-ring (bicyclic) bond motifs is 1. The van der Waals surface area contributed by atoms with Crippen LogP contribution in [0.5, 0.6) is 0 Å². The van der Waals surface area contributed by atoms with E-state index < -0.39 is 36.4 Å². The summed E-state index contributed by atoms with van der Waals surface area (Å²) >= 11 is 6.03. The fourth-order valence-electron chi connectivity index (χ4n) is 3.69. The Morgan fingerprint density at radius 1 is 1.26 bits per heavy atom. The molecule has 1 saturated carbocycles. The SMILES string of the molecule is O=C(Nc1c[nH]c2ccc(Cl)cc12)c1cnn(-c2cnc(C3CC(F)(F)C3)c(F)c2)c1. The van der Waals surface area contributed by atoms with E-state index in [4.69, 9.17) is 11.6 Å². The first-order valence-electron chi connectivity index (χ1n) is 9.45. The van der Waals surface area contributed by atoms with Crippen LogP contribution in [0.15, 0.2) is 49.1 Å². The minimum Gasteiger partial charge on any atom is -0.359 e. The summed E-state index contributed by atoms with van der Waals surface area (Å²) in [7, 11) is 0. The molecule has 3 aromatic heterocycles. The molecule has 4 aromatic rings. The van der Waals surface area contributed by atoms with Crippen LogP contribution in [0.2, 0.25) is 5.02 Å². The van der Waals surface area contributed by atoms with Crippen molar-refractivity contribution in [3.8, 4) is 5.69 Å². The van der Waals surface area contributed by atoms with Crippen molar-refractivity contribution >= 4 is 34.1 Å². The third-order valence-electron chi connectivity index (χ3n) is 5.33. The Morgan fingerprint density at radius 2 is 2.06 bits per heavy atom. The van der Waals surface area contributed by atoms with Crippen LogP contribution in [0.1, 0.15) is 34.8 Å². The lowest BCUT2D eigenvalue weighted by atomic mass is 9.79. The van der Waals surface area contributed by atoms with Gasteiger partial charge in [0, 0.05) is 53.1 Å². The number of aromatic nitrogens is 4. The average molecular weight is 446 g/mol. The number of nitrogens with zero attached hydrogens (tertiary/aromatic N) is 3. The Labute approximate surface area is 179 Å². The van der Waals surface area contributed by atoms with Gasteiger partial charge in [-0.15, -0.1) is 0 Å². The first-order chi connectivity index (χ1) is 14.8. The van der Waals surface area contributed by atoms with Gasteiger partial charge in [-0.1, -0.05) is 11.6 Å². The lowest BCUT2D eigenvalue weighted by Crippen LogP contribution is -2.34. The number of hydrogen-bond acceptors (Lipinski definition) is 3. The van der Waals surface area contributed by atoms with Gasteiger partial charge in [-0.25, -0.2) is 17.9 Å². The molecule has 0 unspecified atom stereocenters. The highest BCUT2D eigenvalue weighted by atomic mass is 35.5. The fourth-order valence-corrected chi connectivity index (χ4v) is 3.86. The Kier molecular flexibility index (Phi) is 4.51. The molecule has 3 heterocycles. The van der Waals surface area contributed by atoms with Gasteiger partial charge in [0.25, 0.3) is 5.91 Å². The topological polar surface area (TPSA) is 75.6 Å². The third kappa shape index (κ3) is 3.65. The Morgan fingerprint density at radius 3 is 2.81 bits per heavy atom. The molecular weight excluding hydrogens is 431 g/mol. The second kappa shape index (κ2) is 7.12. The summed E-state index contributed by atoms with van der Waals surface area (Å²) < 4.78 is 41.8. The van der Waals surface area contributed by atoms with E-state index in [2.05, 4.69) is 20.4 Å². The number of aromatic amines is 1. The highest BCUT2D eigenvalue weighted by Crippen LogP contribution is 2.48. The quantitative estimate of drug-likeness (QED) is 0.447. The van der Waals surface area contributed by atoms with Crippen molar-refractivity contribution in [3.63, 3.8) is 0 Å². The van der Waals surface area contributed by atoms with Crippen LogP contribution >= 0.6 is 11.6 Å². The van der Waals surface area contributed by atoms with Crippen LogP contribution in [-0.2, 0) is 0 Å². The molecule has 158 valence electrons. The Hall–Kier alpha value is -3.33. The highest BCUT2D eigenvalue weighted by Gasteiger charge is 2.47. The van der Waals surface area contributed by atoms with E-state index >= 15 is 0 Å². The standard InChI is InChI=1S/C21H15ClF3N5O/c22-13-1-2-17-15(3-13)18(9-26-17)29-20(31)12-7-28-30(10-12)14-4-16(23)19(27-8-14)11-5-21(24,25)6-11/h1-4,7-11,26H,5-6H2,(H,29,31). The Balaban J connectivity index is 1.34. The van der Waals surface area contributed by atoms with E-state index in [0.717, 1.165) is 10.9 Å². The van der Waals surface area contributed by atoms with E-state index in [9.17, 15) is 18.0 Å². The number of carbonyl (C=O) groups excluding carboxylic acids is 1. The largest absolute Gasteiger partial charge is 0.359 e. The summed E-state index contributed by atoms with van der Waals surface area (Å²) in [5, 5.41) is 8.18. The number of benzene rings is 1. The number of alkyl halides is 2. The zero-order chi connectivity index (χ0) is 21.8. The normalized spacial score (nSPS) is 15.7. The molecule has 0 bridgehead atoms. The number of amides is 1. The summed E-state index contributed by atoms with van der Waals surface area (Å²) in [6.45, 7) is 0. The molecule has 1 aliphatic carbocycles. The number of H-pyrrole nitrogens is 1. The highest BCUT2D eigenvalue weighted by molar-refractivity contribution is 6.31. The van der Waals surface area contributed by atoms with Crippen molar-refractivity contribution in [2.75, 3.05) is 5.32 Å². The predicted molar refractivity (Wildman–Crippen MR) is 110 cm³/mol. The minimum atomic E-state index is -2.75. The van der Waals surface area contributed by atoms with Crippen LogP contribution < -0.4 is 5.32 Å². The van der Waals surface area contributed by atoms with Crippen LogP contribution in [0.25, 0.3) is 16.6 Å². The fraction of sp³-hybridized carbons (Fsp3) is 0.190. The molecule has 0 atom stereocenters. The van der Waals surface area contributed by atoms with Crippen molar-refractivity contribution < 1.29 is 18.0 Å². The summed E-state index contributed by atoms with van der Waals surface area (Å²) in [5.41, 5.74) is 1.94. The maximum absolute atomic E-state index is 14.4. The van der Waals surface area contributed by atoms with E-state index in [1.165, 1.54) is 29.3 Å². The van der Waals surface area contributed by atoms with Crippen molar-refractivity contribution in [2.24, 2.45) is 0 Å². The van der Waals surface area contributed by atoms with E-state index in [0.29, 0.717) is 10.7 Å². The van der Waals surface area contributed by atoms with Gasteiger partial charge in [-0.3, -0.25) is 9.78 Å². The maximum atomic E-state index is 14.4. The molecule has 2 N–H and O–H groups in total. The molecule has 6 nitrogen and oxygen atoms in total. The number of rotatable bonds is 4. The summed E-state index contributed by atoms with van der Waals surface area (Å²) in [6.07, 6.45) is 4.99. The van der Waals surface area contributed by atoms with Gasteiger partial charge >= 0.3 is 0 Å². The lowest BCUT2D eigenvalue weighted by Gasteiger charge is -2.34. The van der Waals surface area contributed by atoms with E-state index in [1.807, 2.05) is 0 Å². The molecule has 0 saturated heterocycles. The zero-order valence-electron chi connectivity index (χ0n) is 15.9. The molecular formula is C21H15ClF3N5O. The monoisotopic (exact) mass is 445 g/mol. The minimum absolute atomic E-state index is 0.0257. The number of pyridine rings is 1. The molecule has 1 aliphatic rings. The molecule has 1 fully saturated rings. The van der Waals surface area contributed by atoms with E-state index in [1.54, 1.807) is 24.4 Å². The van der Waals surface area contributed by atoms with Gasteiger partial charge in [0.2, 0.25) is 5.92 Å². The van der Waals surface area contributed by atoms with Gasteiger partial charge in [0.1, 0.15) is 5.82 Å². The molecule has 31 heavy (non-hydrogen) atoms. The molecule has 0 spiro atoms. The Bertz CT molecular complexity index is 1310. The van der Waals surface area contributed by atoms with Crippen molar-refractivity contribution in [3.05, 3.63) is 71.2 Å². The number of nitrogens with one attached hydrogen (secondary N) is 2.